The second kappa shape index (κ2) is 5.59. The van der Waals surface area contributed by atoms with Crippen molar-refractivity contribution in [3.8, 4) is 5.69 Å². The number of benzene rings is 2. The molecule has 23 heavy (non-hydrogen) atoms. The van der Waals surface area contributed by atoms with E-state index in [0.717, 1.165) is 21.9 Å². The Hall–Kier alpha value is -2.53. The largest absolute Gasteiger partial charge is 0.333 e. The number of aryl methyl sites for hydroxylation is 2. The highest BCUT2D eigenvalue weighted by Gasteiger charge is 2.09. The van der Waals surface area contributed by atoms with Gasteiger partial charge in [-0.3, -0.25) is 0 Å². The van der Waals surface area contributed by atoms with Gasteiger partial charge in [0.2, 0.25) is 0 Å². The molecule has 2 aromatic heterocycles. The number of H-pyrrole nitrogens is 1. The Kier molecular flexibility index (Phi) is 3.42. The van der Waals surface area contributed by atoms with E-state index in [1.807, 2.05) is 16.8 Å². The van der Waals surface area contributed by atoms with Gasteiger partial charge >= 0.3 is 0 Å². The standard InChI is InChI=1S/C18H16N4S/c1-12-4-3-5-13(2)17(12)23-18-20-15-7-6-14(10-16(15)21-18)22-9-8-19-11-22/h3-11H,1-2H3,(H,20,21). The number of hydrogen-bond acceptors (Lipinski definition) is 3. The second-order valence-corrected chi connectivity index (χ2v) is 6.54. The summed E-state index contributed by atoms with van der Waals surface area (Å²) in [6.45, 7) is 4.27. The molecule has 1 N–H and O–H groups in total. The molecule has 0 amide bonds. The Labute approximate surface area is 138 Å². The summed E-state index contributed by atoms with van der Waals surface area (Å²) in [6.07, 6.45) is 5.51. The van der Waals surface area contributed by atoms with Gasteiger partial charge in [-0.15, -0.1) is 0 Å². The first-order valence-corrected chi connectivity index (χ1v) is 8.24. The number of aromatic nitrogens is 4. The summed E-state index contributed by atoms with van der Waals surface area (Å²) < 4.78 is 1.98. The minimum Gasteiger partial charge on any atom is -0.333 e. The van der Waals surface area contributed by atoms with Crippen LogP contribution in [0.5, 0.6) is 0 Å². The summed E-state index contributed by atoms with van der Waals surface area (Å²) in [7, 11) is 0. The molecule has 0 bridgehead atoms. The average Bonchev–Trinajstić information content (AvgIpc) is 3.19. The number of nitrogens with one attached hydrogen (secondary N) is 1. The Morgan fingerprint density at radius 2 is 1.91 bits per heavy atom. The number of imidazole rings is 2. The summed E-state index contributed by atoms with van der Waals surface area (Å²) in [5.74, 6) is 0. The highest BCUT2D eigenvalue weighted by atomic mass is 32.2. The van der Waals surface area contributed by atoms with Crippen molar-refractivity contribution in [2.24, 2.45) is 0 Å². The lowest BCUT2D eigenvalue weighted by Crippen LogP contribution is -1.88. The molecular weight excluding hydrogens is 304 g/mol. The fourth-order valence-corrected chi connectivity index (χ4v) is 3.61. The van der Waals surface area contributed by atoms with Crippen LogP contribution >= 0.6 is 11.8 Å². The zero-order valence-corrected chi connectivity index (χ0v) is 13.8. The molecule has 0 saturated heterocycles. The van der Waals surface area contributed by atoms with Crippen LogP contribution in [0.15, 0.2) is 65.2 Å². The van der Waals surface area contributed by atoms with Crippen LogP contribution in [0.1, 0.15) is 11.1 Å². The lowest BCUT2D eigenvalue weighted by molar-refractivity contribution is 1.06. The van der Waals surface area contributed by atoms with Gasteiger partial charge < -0.3 is 9.55 Å². The minimum absolute atomic E-state index is 0.917. The van der Waals surface area contributed by atoms with E-state index in [4.69, 9.17) is 4.98 Å². The maximum absolute atomic E-state index is 4.70. The van der Waals surface area contributed by atoms with E-state index in [9.17, 15) is 0 Å². The number of fused-ring (bicyclic) bond motifs is 1. The Morgan fingerprint density at radius 1 is 1.09 bits per heavy atom. The van der Waals surface area contributed by atoms with Crippen LogP contribution in [-0.4, -0.2) is 19.5 Å². The van der Waals surface area contributed by atoms with Gasteiger partial charge in [0.25, 0.3) is 0 Å². The Bertz CT molecular complexity index is 950. The lowest BCUT2D eigenvalue weighted by Gasteiger charge is -2.06. The minimum atomic E-state index is 0.917. The van der Waals surface area contributed by atoms with Gasteiger partial charge in [0, 0.05) is 23.0 Å². The Morgan fingerprint density at radius 3 is 2.65 bits per heavy atom. The predicted molar refractivity (Wildman–Crippen MR) is 93.3 cm³/mol. The van der Waals surface area contributed by atoms with Crippen LogP contribution in [0.25, 0.3) is 16.7 Å². The number of hydrogen-bond donors (Lipinski definition) is 1. The summed E-state index contributed by atoms with van der Waals surface area (Å²) in [5, 5.41) is 0.917. The third-order valence-corrected chi connectivity index (χ3v) is 5.09. The van der Waals surface area contributed by atoms with Gasteiger partial charge in [0.1, 0.15) is 0 Å². The van der Waals surface area contributed by atoms with Crippen molar-refractivity contribution in [3.05, 3.63) is 66.2 Å². The summed E-state index contributed by atoms with van der Waals surface area (Å²) >= 11 is 1.68. The Balaban J connectivity index is 1.72. The maximum Gasteiger partial charge on any atom is 0.171 e. The fraction of sp³-hybridized carbons (Fsp3) is 0.111. The third kappa shape index (κ3) is 2.64. The second-order valence-electron chi connectivity index (χ2n) is 5.54. The van der Waals surface area contributed by atoms with Gasteiger partial charge in [-0.1, -0.05) is 30.0 Å². The molecule has 4 nitrogen and oxygen atoms in total. The van der Waals surface area contributed by atoms with Crippen molar-refractivity contribution in [2.45, 2.75) is 23.9 Å². The van der Waals surface area contributed by atoms with Gasteiger partial charge in [-0.25, -0.2) is 9.97 Å². The first kappa shape index (κ1) is 14.1. The van der Waals surface area contributed by atoms with Crippen molar-refractivity contribution in [3.63, 3.8) is 0 Å². The van der Waals surface area contributed by atoms with Crippen LogP contribution in [0, 0.1) is 13.8 Å². The molecule has 0 unspecified atom stereocenters. The SMILES string of the molecule is Cc1cccc(C)c1Sc1nc2ccc(-n3ccnc3)cc2[nH]1. The average molecular weight is 320 g/mol. The molecule has 0 atom stereocenters. The van der Waals surface area contributed by atoms with E-state index < -0.39 is 0 Å². The molecule has 0 aliphatic rings. The third-order valence-electron chi connectivity index (χ3n) is 3.85. The molecule has 0 saturated carbocycles. The first-order chi connectivity index (χ1) is 11.2. The zero-order chi connectivity index (χ0) is 15.8. The van der Waals surface area contributed by atoms with Crippen molar-refractivity contribution in [1.82, 2.24) is 19.5 Å². The van der Waals surface area contributed by atoms with E-state index >= 15 is 0 Å². The molecule has 0 fully saturated rings. The first-order valence-electron chi connectivity index (χ1n) is 7.43. The lowest BCUT2D eigenvalue weighted by atomic mass is 10.2. The monoisotopic (exact) mass is 320 g/mol. The summed E-state index contributed by atoms with van der Waals surface area (Å²) in [4.78, 5) is 13.5. The molecule has 4 aromatic rings. The summed E-state index contributed by atoms with van der Waals surface area (Å²) in [6, 6.07) is 12.5. The number of aromatic amines is 1. The molecule has 0 aliphatic heterocycles. The fourth-order valence-electron chi connectivity index (χ4n) is 2.65. The zero-order valence-electron chi connectivity index (χ0n) is 12.9. The van der Waals surface area contributed by atoms with Crippen molar-refractivity contribution < 1.29 is 0 Å². The molecule has 5 heteroatoms. The smallest absolute Gasteiger partial charge is 0.171 e. The van der Waals surface area contributed by atoms with Crippen molar-refractivity contribution >= 4 is 22.8 Å². The maximum atomic E-state index is 4.70. The van der Waals surface area contributed by atoms with Gasteiger partial charge in [-0.2, -0.15) is 0 Å². The van der Waals surface area contributed by atoms with Crippen LogP contribution in [0.4, 0.5) is 0 Å². The molecule has 0 radical (unpaired) electrons. The summed E-state index contributed by atoms with van der Waals surface area (Å²) in [5.41, 5.74) is 5.62. The van der Waals surface area contributed by atoms with Crippen molar-refractivity contribution in [2.75, 3.05) is 0 Å². The topological polar surface area (TPSA) is 46.5 Å². The van der Waals surface area contributed by atoms with Crippen LogP contribution in [-0.2, 0) is 0 Å². The number of rotatable bonds is 3. The van der Waals surface area contributed by atoms with Crippen molar-refractivity contribution in [1.29, 1.82) is 0 Å². The van der Waals surface area contributed by atoms with Crippen LogP contribution < -0.4 is 0 Å². The van der Waals surface area contributed by atoms with Crippen LogP contribution in [0.3, 0.4) is 0 Å². The van der Waals surface area contributed by atoms with E-state index in [1.54, 1.807) is 24.3 Å². The van der Waals surface area contributed by atoms with E-state index in [1.165, 1.54) is 16.0 Å². The van der Waals surface area contributed by atoms with Crippen LogP contribution in [0.2, 0.25) is 0 Å². The molecule has 2 heterocycles. The molecule has 2 aromatic carbocycles. The molecule has 0 spiro atoms. The molecular formula is C18H16N4S. The normalized spacial score (nSPS) is 11.2. The van der Waals surface area contributed by atoms with E-state index in [-0.39, 0.29) is 0 Å². The molecule has 0 aliphatic carbocycles. The molecule has 114 valence electrons. The highest BCUT2D eigenvalue weighted by molar-refractivity contribution is 7.99. The van der Waals surface area contributed by atoms with Gasteiger partial charge in [0.05, 0.1) is 17.4 Å². The van der Waals surface area contributed by atoms with E-state index in [2.05, 4.69) is 54.1 Å². The number of nitrogens with zero attached hydrogens (tertiary/aromatic N) is 3. The van der Waals surface area contributed by atoms with Gasteiger partial charge in [0.15, 0.2) is 5.16 Å². The van der Waals surface area contributed by atoms with Gasteiger partial charge in [-0.05, 0) is 43.2 Å². The predicted octanol–water partition coefficient (Wildman–Crippen LogP) is 4.52. The highest BCUT2D eigenvalue weighted by Crippen LogP contribution is 2.32. The van der Waals surface area contributed by atoms with E-state index in [0.29, 0.717) is 0 Å². The quantitative estimate of drug-likeness (QED) is 0.604. The molecule has 4 rings (SSSR count).